The van der Waals surface area contributed by atoms with Crippen molar-refractivity contribution in [2.24, 2.45) is 0 Å². The number of anilines is 2. The number of hydrogen-bond donors (Lipinski definition) is 1. The fourth-order valence-corrected chi connectivity index (χ4v) is 2.71. The average molecular weight is 324 g/mol. The minimum atomic E-state index is -0.168. The van der Waals surface area contributed by atoms with Gasteiger partial charge in [0.15, 0.2) is 0 Å². The Bertz CT molecular complexity index is 758. The maximum atomic E-state index is 12.5. The third-order valence-corrected chi connectivity index (χ3v) is 3.96. The molecule has 124 valence electrons. The first-order valence-electron chi connectivity index (χ1n) is 8.03. The molecule has 0 unspecified atom stereocenters. The van der Waals surface area contributed by atoms with Gasteiger partial charge in [-0.05, 0) is 37.1 Å². The van der Waals surface area contributed by atoms with E-state index in [0.717, 1.165) is 17.0 Å². The van der Waals surface area contributed by atoms with Crippen molar-refractivity contribution in [3.63, 3.8) is 0 Å². The highest BCUT2D eigenvalue weighted by atomic mass is 16.5. The molecule has 0 fully saturated rings. The first kappa shape index (κ1) is 16.1. The van der Waals surface area contributed by atoms with Crippen LogP contribution < -0.4 is 15.0 Å². The van der Waals surface area contributed by atoms with Crippen molar-refractivity contribution >= 4 is 23.2 Å². The zero-order valence-corrected chi connectivity index (χ0v) is 13.6. The Morgan fingerprint density at radius 3 is 2.75 bits per heavy atom. The van der Waals surface area contributed by atoms with Crippen LogP contribution in [-0.4, -0.2) is 25.0 Å². The fourth-order valence-electron chi connectivity index (χ4n) is 2.71. The highest BCUT2D eigenvalue weighted by molar-refractivity contribution is 6.09. The van der Waals surface area contributed by atoms with Crippen LogP contribution in [0, 0.1) is 6.92 Å². The van der Waals surface area contributed by atoms with E-state index >= 15 is 0 Å². The third kappa shape index (κ3) is 3.56. The lowest BCUT2D eigenvalue weighted by Crippen LogP contribution is -2.42. The van der Waals surface area contributed by atoms with Crippen LogP contribution in [0.25, 0.3) is 0 Å². The number of hydrogen-bond acceptors (Lipinski definition) is 3. The largest absolute Gasteiger partial charge is 0.493 e. The fraction of sp³-hybridized carbons (Fsp3) is 0.263. The van der Waals surface area contributed by atoms with Crippen LogP contribution in [0.1, 0.15) is 18.4 Å². The lowest BCUT2D eigenvalue weighted by molar-refractivity contribution is -0.122. The van der Waals surface area contributed by atoms with Crippen LogP contribution in [0.2, 0.25) is 0 Å². The zero-order chi connectivity index (χ0) is 16.9. The van der Waals surface area contributed by atoms with Crippen LogP contribution in [0.5, 0.6) is 5.75 Å². The number of rotatable bonds is 5. The molecule has 0 saturated heterocycles. The van der Waals surface area contributed by atoms with E-state index in [1.54, 1.807) is 11.0 Å². The summed E-state index contributed by atoms with van der Waals surface area (Å²) in [4.78, 5) is 25.8. The van der Waals surface area contributed by atoms with Crippen molar-refractivity contribution in [2.75, 3.05) is 23.4 Å². The van der Waals surface area contributed by atoms with Crippen LogP contribution in [0.4, 0.5) is 11.4 Å². The summed E-state index contributed by atoms with van der Waals surface area (Å²) in [5.74, 6) is 0.608. The molecule has 2 amide bonds. The molecule has 2 aromatic rings. The topological polar surface area (TPSA) is 58.6 Å². The number of para-hydroxylation sites is 3. The first-order valence-corrected chi connectivity index (χ1v) is 8.03. The summed E-state index contributed by atoms with van der Waals surface area (Å²) in [6.45, 7) is 2.52. The van der Waals surface area contributed by atoms with Crippen LogP contribution >= 0.6 is 0 Å². The summed E-state index contributed by atoms with van der Waals surface area (Å²) >= 11 is 0. The van der Waals surface area contributed by atoms with Crippen molar-refractivity contribution in [3.8, 4) is 5.75 Å². The number of carbonyl (C=O) groups excluding carboxylic acids is 2. The number of carbonyl (C=O) groups is 2. The molecule has 1 N–H and O–H groups in total. The Labute approximate surface area is 141 Å². The molecule has 2 aromatic carbocycles. The van der Waals surface area contributed by atoms with Gasteiger partial charge < -0.3 is 15.0 Å². The van der Waals surface area contributed by atoms with Gasteiger partial charge >= 0.3 is 0 Å². The molecular weight excluding hydrogens is 304 g/mol. The molecule has 0 aromatic heterocycles. The van der Waals surface area contributed by atoms with Crippen LogP contribution in [0.15, 0.2) is 48.5 Å². The number of nitrogens with one attached hydrogen (secondary N) is 1. The summed E-state index contributed by atoms with van der Waals surface area (Å²) < 4.78 is 5.72. The smallest absolute Gasteiger partial charge is 0.244 e. The predicted octanol–water partition coefficient (Wildman–Crippen LogP) is 3.14. The minimum Gasteiger partial charge on any atom is -0.493 e. The molecule has 1 heterocycles. The Balaban J connectivity index is 1.56. The van der Waals surface area contributed by atoms with Crippen molar-refractivity contribution < 1.29 is 14.3 Å². The summed E-state index contributed by atoms with van der Waals surface area (Å²) in [5, 5.41) is 2.78. The molecule has 1 aliphatic heterocycles. The molecule has 0 radical (unpaired) electrons. The van der Waals surface area contributed by atoms with E-state index in [-0.39, 0.29) is 18.4 Å². The van der Waals surface area contributed by atoms with Gasteiger partial charge in [0.2, 0.25) is 11.8 Å². The molecule has 0 aliphatic carbocycles. The molecule has 24 heavy (non-hydrogen) atoms. The molecule has 0 bridgehead atoms. The van der Waals surface area contributed by atoms with Gasteiger partial charge in [-0.2, -0.15) is 0 Å². The minimum absolute atomic E-state index is 0.0640. The quantitative estimate of drug-likeness (QED) is 0.860. The second-order valence-electron chi connectivity index (χ2n) is 5.76. The van der Waals surface area contributed by atoms with Crippen molar-refractivity contribution in [3.05, 3.63) is 54.1 Å². The van der Waals surface area contributed by atoms with E-state index in [1.165, 1.54) is 0 Å². The summed E-state index contributed by atoms with van der Waals surface area (Å²) in [6, 6.07) is 15.1. The van der Waals surface area contributed by atoms with Crippen molar-refractivity contribution in [1.82, 2.24) is 0 Å². The Kier molecular flexibility index (Phi) is 4.79. The second kappa shape index (κ2) is 7.17. The maximum Gasteiger partial charge on any atom is 0.244 e. The SMILES string of the molecule is Cc1ccccc1OCCCC(=O)N1CC(=O)Nc2ccccc21. The number of aryl methyl sites for hydroxylation is 1. The van der Waals surface area contributed by atoms with Gasteiger partial charge in [0.05, 0.1) is 18.0 Å². The lowest BCUT2D eigenvalue weighted by Gasteiger charge is -2.29. The molecule has 3 rings (SSSR count). The molecule has 5 nitrogen and oxygen atoms in total. The zero-order valence-electron chi connectivity index (χ0n) is 13.6. The number of amides is 2. The van der Waals surface area contributed by atoms with E-state index in [0.29, 0.717) is 25.1 Å². The van der Waals surface area contributed by atoms with Gasteiger partial charge in [-0.25, -0.2) is 0 Å². The van der Waals surface area contributed by atoms with E-state index < -0.39 is 0 Å². The highest BCUT2D eigenvalue weighted by Gasteiger charge is 2.25. The predicted molar refractivity (Wildman–Crippen MR) is 93.3 cm³/mol. The third-order valence-electron chi connectivity index (χ3n) is 3.96. The van der Waals surface area contributed by atoms with Gasteiger partial charge in [-0.15, -0.1) is 0 Å². The molecule has 0 spiro atoms. The summed E-state index contributed by atoms with van der Waals surface area (Å²) in [7, 11) is 0. The van der Waals surface area contributed by atoms with Crippen molar-refractivity contribution in [1.29, 1.82) is 0 Å². The molecule has 1 aliphatic rings. The Hall–Kier alpha value is -2.82. The monoisotopic (exact) mass is 324 g/mol. The highest BCUT2D eigenvalue weighted by Crippen LogP contribution is 2.29. The first-order chi connectivity index (χ1) is 11.6. The molecule has 5 heteroatoms. The van der Waals surface area contributed by atoms with Crippen molar-refractivity contribution in [2.45, 2.75) is 19.8 Å². The van der Waals surface area contributed by atoms with E-state index in [9.17, 15) is 9.59 Å². The molecular formula is C19H20N2O3. The standard InChI is InChI=1S/C19H20N2O3/c1-14-7-2-5-10-17(14)24-12-6-11-19(23)21-13-18(22)20-15-8-3-4-9-16(15)21/h2-5,7-10H,6,11-13H2,1H3,(H,20,22). The van der Waals surface area contributed by atoms with E-state index in [1.807, 2.05) is 49.4 Å². The van der Waals surface area contributed by atoms with Gasteiger partial charge in [0.1, 0.15) is 12.3 Å². The Morgan fingerprint density at radius 1 is 1.17 bits per heavy atom. The van der Waals surface area contributed by atoms with Crippen LogP contribution in [0.3, 0.4) is 0 Å². The van der Waals surface area contributed by atoms with Gasteiger partial charge in [0, 0.05) is 6.42 Å². The van der Waals surface area contributed by atoms with Gasteiger partial charge in [-0.3, -0.25) is 9.59 Å². The van der Waals surface area contributed by atoms with Gasteiger partial charge in [0.25, 0.3) is 0 Å². The van der Waals surface area contributed by atoms with Crippen LogP contribution in [-0.2, 0) is 9.59 Å². The number of nitrogens with zero attached hydrogens (tertiary/aromatic N) is 1. The number of ether oxygens (including phenoxy) is 1. The second-order valence-corrected chi connectivity index (χ2v) is 5.76. The maximum absolute atomic E-state index is 12.5. The van der Waals surface area contributed by atoms with E-state index in [2.05, 4.69) is 5.32 Å². The Morgan fingerprint density at radius 2 is 1.92 bits per heavy atom. The van der Waals surface area contributed by atoms with Gasteiger partial charge in [-0.1, -0.05) is 30.3 Å². The summed E-state index contributed by atoms with van der Waals surface area (Å²) in [5.41, 5.74) is 2.51. The summed E-state index contributed by atoms with van der Waals surface area (Å²) in [6.07, 6.45) is 0.945. The molecule has 0 atom stereocenters. The number of fused-ring (bicyclic) bond motifs is 1. The lowest BCUT2D eigenvalue weighted by atomic mass is 10.1. The number of benzene rings is 2. The average Bonchev–Trinajstić information content (AvgIpc) is 2.59. The van der Waals surface area contributed by atoms with E-state index in [4.69, 9.17) is 4.74 Å². The normalized spacial score (nSPS) is 13.2. The molecule has 0 saturated carbocycles.